The SMILES string of the molecule is OC1(Cc2ccoc2)CCC1. The van der Waals surface area contributed by atoms with Crippen molar-refractivity contribution in [1.82, 2.24) is 0 Å². The van der Waals surface area contributed by atoms with Crippen LogP contribution in [-0.2, 0) is 6.42 Å². The zero-order valence-corrected chi connectivity index (χ0v) is 6.42. The molecule has 0 aromatic carbocycles. The number of hydrogen-bond acceptors (Lipinski definition) is 2. The Hall–Kier alpha value is -0.760. The van der Waals surface area contributed by atoms with Crippen LogP contribution in [0.4, 0.5) is 0 Å². The van der Waals surface area contributed by atoms with Gasteiger partial charge in [0.25, 0.3) is 0 Å². The van der Waals surface area contributed by atoms with Crippen molar-refractivity contribution in [1.29, 1.82) is 0 Å². The lowest BCUT2D eigenvalue weighted by Crippen LogP contribution is -2.38. The molecule has 0 unspecified atom stereocenters. The van der Waals surface area contributed by atoms with Crippen LogP contribution in [0.3, 0.4) is 0 Å². The highest BCUT2D eigenvalue weighted by Crippen LogP contribution is 2.34. The molecule has 1 fully saturated rings. The first-order chi connectivity index (χ1) is 5.29. The molecule has 0 bridgehead atoms. The van der Waals surface area contributed by atoms with E-state index >= 15 is 0 Å². The topological polar surface area (TPSA) is 33.4 Å². The maximum absolute atomic E-state index is 9.74. The Morgan fingerprint density at radius 1 is 1.55 bits per heavy atom. The first kappa shape index (κ1) is 6.92. The summed E-state index contributed by atoms with van der Waals surface area (Å²) in [5.74, 6) is 0. The molecular weight excluding hydrogens is 140 g/mol. The van der Waals surface area contributed by atoms with E-state index in [9.17, 15) is 5.11 Å². The summed E-state index contributed by atoms with van der Waals surface area (Å²) in [4.78, 5) is 0. The van der Waals surface area contributed by atoms with Crippen molar-refractivity contribution < 1.29 is 9.52 Å². The van der Waals surface area contributed by atoms with Crippen molar-refractivity contribution in [2.45, 2.75) is 31.3 Å². The molecule has 1 aliphatic rings. The Kier molecular flexibility index (Phi) is 1.50. The van der Waals surface area contributed by atoms with Crippen molar-refractivity contribution in [3.63, 3.8) is 0 Å². The van der Waals surface area contributed by atoms with E-state index in [1.807, 2.05) is 6.07 Å². The van der Waals surface area contributed by atoms with Crippen molar-refractivity contribution in [3.8, 4) is 0 Å². The minimum absolute atomic E-state index is 0.413. The highest BCUT2D eigenvalue weighted by molar-refractivity contribution is 5.11. The number of furan rings is 1. The Morgan fingerprint density at radius 2 is 2.36 bits per heavy atom. The second-order valence-electron chi connectivity index (χ2n) is 3.39. The van der Waals surface area contributed by atoms with Crippen molar-refractivity contribution in [2.24, 2.45) is 0 Å². The van der Waals surface area contributed by atoms with E-state index < -0.39 is 5.60 Å². The van der Waals surface area contributed by atoms with Gasteiger partial charge in [-0.2, -0.15) is 0 Å². The van der Waals surface area contributed by atoms with Gasteiger partial charge in [-0.05, 0) is 30.9 Å². The van der Waals surface area contributed by atoms with Gasteiger partial charge in [0.2, 0.25) is 0 Å². The molecule has 1 N–H and O–H groups in total. The molecule has 2 rings (SSSR count). The van der Waals surface area contributed by atoms with Crippen LogP contribution < -0.4 is 0 Å². The minimum Gasteiger partial charge on any atom is -0.472 e. The fraction of sp³-hybridized carbons (Fsp3) is 0.556. The van der Waals surface area contributed by atoms with E-state index in [4.69, 9.17) is 4.42 Å². The molecule has 1 saturated carbocycles. The maximum atomic E-state index is 9.74. The normalized spacial score (nSPS) is 21.2. The van der Waals surface area contributed by atoms with Gasteiger partial charge >= 0.3 is 0 Å². The van der Waals surface area contributed by atoms with Gasteiger partial charge in [0.15, 0.2) is 0 Å². The van der Waals surface area contributed by atoms with Crippen molar-refractivity contribution >= 4 is 0 Å². The largest absolute Gasteiger partial charge is 0.472 e. The second-order valence-corrected chi connectivity index (χ2v) is 3.39. The lowest BCUT2D eigenvalue weighted by molar-refractivity contribution is -0.0323. The second kappa shape index (κ2) is 2.38. The number of rotatable bonds is 2. The van der Waals surface area contributed by atoms with Crippen LogP contribution in [0.25, 0.3) is 0 Å². The standard InChI is InChI=1S/C9H12O2/c10-9(3-1-4-9)6-8-2-5-11-7-8/h2,5,7,10H,1,3-4,6H2. The highest BCUT2D eigenvalue weighted by atomic mass is 16.3. The van der Waals surface area contributed by atoms with Crippen LogP contribution in [-0.4, -0.2) is 10.7 Å². The maximum Gasteiger partial charge on any atom is 0.0935 e. The summed E-state index contributed by atoms with van der Waals surface area (Å²) < 4.78 is 4.92. The summed E-state index contributed by atoms with van der Waals surface area (Å²) in [5, 5.41) is 9.74. The molecule has 0 atom stereocenters. The molecule has 2 heteroatoms. The molecule has 1 aliphatic carbocycles. The van der Waals surface area contributed by atoms with Gasteiger partial charge in [-0.3, -0.25) is 0 Å². The zero-order valence-electron chi connectivity index (χ0n) is 6.42. The van der Waals surface area contributed by atoms with E-state index in [1.54, 1.807) is 12.5 Å². The quantitative estimate of drug-likeness (QED) is 0.700. The fourth-order valence-corrected chi connectivity index (χ4v) is 1.53. The van der Waals surface area contributed by atoms with Gasteiger partial charge in [0.05, 0.1) is 18.1 Å². The van der Waals surface area contributed by atoms with Crippen LogP contribution in [0.1, 0.15) is 24.8 Å². The van der Waals surface area contributed by atoms with Crippen molar-refractivity contribution in [2.75, 3.05) is 0 Å². The monoisotopic (exact) mass is 152 g/mol. The van der Waals surface area contributed by atoms with Crippen LogP contribution in [0.15, 0.2) is 23.0 Å². The van der Waals surface area contributed by atoms with Crippen LogP contribution >= 0.6 is 0 Å². The lowest BCUT2D eigenvalue weighted by Gasteiger charge is -2.36. The van der Waals surface area contributed by atoms with Crippen LogP contribution in [0, 0.1) is 0 Å². The molecule has 1 aromatic rings. The average molecular weight is 152 g/mol. The number of hydrogen-bond donors (Lipinski definition) is 1. The van der Waals surface area contributed by atoms with Crippen molar-refractivity contribution in [3.05, 3.63) is 24.2 Å². The van der Waals surface area contributed by atoms with Gasteiger partial charge in [0.1, 0.15) is 0 Å². The Bertz CT molecular complexity index is 222. The van der Waals surface area contributed by atoms with Crippen LogP contribution in [0.2, 0.25) is 0 Å². The average Bonchev–Trinajstić information content (AvgIpc) is 2.36. The number of aliphatic hydroxyl groups is 1. The third-order valence-corrected chi connectivity index (χ3v) is 2.40. The summed E-state index contributed by atoms with van der Waals surface area (Å²) >= 11 is 0. The molecular formula is C9H12O2. The Balaban J connectivity index is 2.00. The molecule has 0 aliphatic heterocycles. The highest BCUT2D eigenvalue weighted by Gasteiger charge is 2.34. The van der Waals surface area contributed by atoms with Gasteiger partial charge in [-0.15, -0.1) is 0 Å². The van der Waals surface area contributed by atoms with Crippen LogP contribution in [0.5, 0.6) is 0 Å². The predicted molar refractivity (Wildman–Crippen MR) is 41.2 cm³/mol. The third-order valence-electron chi connectivity index (χ3n) is 2.40. The molecule has 0 saturated heterocycles. The zero-order chi connectivity index (χ0) is 7.73. The van der Waals surface area contributed by atoms with E-state index in [0.717, 1.165) is 31.2 Å². The van der Waals surface area contributed by atoms with Gasteiger partial charge in [0, 0.05) is 6.42 Å². The van der Waals surface area contributed by atoms with E-state index in [2.05, 4.69) is 0 Å². The molecule has 0 radical (unpaired) electrons. The fourth-order valence-electron chi connectivity index (χ4n) is 1.53. The molecule has 0 spiro atoms. The first-order valence-electron chi connectivity index (χ1n) is 4.02. The molecule has 0 amide bonds. The van der Waals surface area contributed by atoms with E-state index in [1.165, 1.54) is 0 Å². The van der Waals surface area contributed by atoms with E-state index in [-0.39, 0.29) is 0 Å². The smallest absolute Gasteiger partial charge is 0.0935 e. The summed E-state index contributed by atoms with van der Waals surface area (Å²) in [7, 11) is 0. The Morgan fingerprint density at radius 3 is 2.82 bits per heavy atom. The molecule has 1 aromatic heterocycles. The van der Waals surface area contributed by atoms with Gasteiger partial charge in [-0.1, -0.05) is 0 Å². The predicted octanol–water partition coefficient (Wildman–Crippen LogP) is 1.74. The van der Waals surface area contributed by atoms with Gasteiger partial charge < -0.3 is 9.52 Å². The molecule has 60 valence electrons. The molecule has 2 nitrogen and oxygen atoms in total. The summed E-state index contributed by atoms with van der Waals surface area (Å²) in [6, 6.07) is 1.91. The summed E-state index contributed by atoms with van der Waals surface area (Å²) in [6.07, 6.45) is 7.15. The summed E-state index contributed by atoms with van der Waals surface area (Å²) in [6.45, 7) is 0. The minimum atomic E-state index is -0.413. The molecule has 11 heavy (non-hydrogen) atoms. The Labute approximate surface area is 65.8 Å². The lowest BCUT2D eigenvalue weighted by atomic mass is 9.76. The molecule has 1 heterocycles. The first-order valence-corrected chi connectivity index (χ1v) is 4.02. The summed E-state index contributed by atoms with van der Waals surface area (Å²) in [5.41, 5.74) is 0.691. The van der Waals surface area contributed by atoms with E-state index in [0.29, 0.717) is 0 Å². The van der Waals surface area contributed by atoms with Gasteiger partial charge in [-0.25, -0.2) is 0 Å². The third kappa shape index (κ3) is 1.31.